The largest absolute Gasteiger partial charge is 0.438 e. The molecule has 0 aliphatic heterocycles. The Morgan fingerprint density at radius 1 is 1.15 bits per heavy atom. The maximum Gasteiger partial charge on any atom is 0.339 e. The fourth-order valence-corrected chi connectivity index (χ4v) is 1.80. The molecule has 2 aromatic rings. The third kappa shape index (κ3) is 3.33. The van der Waals surface area contributed by atoms with Gasteiger partial charge in [-0.05, 0) is 12.1 Å². The molecule has 0 radical (unpaired) electrons. The van der Waals surface area contributed by atoms with E-state index in [9.17, 15) is 14.9 Å². The monoisotopic (exact) mass is 291 g/mol. The summed E-state index contributed by atoms with van der Waals surface area (Å²) in [7, 11) is 0. The number of alkyl halides is 1. The van der Waals surface area contributed by atoms with Gasteiger partial charge in [0.2, 0.25) is 5.56 Å². The van der Waals surface area contributed by atoms with E-state index < -0.39 is 16.5 Å². The lowest BCUT2D eigenvalue weighted by Crippen LogP contribution is -2.07. The van der Waals surface area contributed by atoms with Crippen LogP contribution in [-0.2, 0) is 4.74 Å². The molecule has 0 aliphatic rings. The molecule has 0 saturated heterocycles. The van der Waals surface area contributed by atoms with Gasteiger partial charge in [-0.15, -0.1) is 0 Å². The number of nitro groups is 1. The second-order valence-electron chi connectivity index (χ2n) is 3.94. The quantitative estimate of drug-likeness (QED) is 0.373. The molecule has 0 aromatic heterocycles. The number of carbonyl (C=O) groups excluding carboxylic acids is 1. The van der Waals surface area contributed by atoms with Crippen LogP contribution in [0.25, 0.3) is 0 Å². The van der Waals surface area contributed by atoms with Crippen molar-refractivity contribution < 1.29 is 14.5 Å². The van der Waals surface area contributed by atoms with E-state index in [2.05, 4.69) is 0 Å². The molecule has 2 aromatic carbocycles. The number of rotatable bonds is 4. The van der Waals surface area contributed by atoms with Gasteiger partial charge < -0.3 is 4.74 Å². The lowest BCUT2D eigenvalue weighted by atomic mass is 10.2. The van der Waals surface area contributed by atoms with Crippen molar-refractivity contribution in [3.05, 3.63) is 75.8 Å². The molecule has 0 N–H and O–H groups in total. The molecule has 2 rings (SSSR count). The first-order valence-corrected chi connectivity index (χ1v) is 6.16. The highest BCUT2D eigenvalue weighted by Crippen LogP contribution is 2.26. The lowest BCUT2D eigenvalue weighted by Gasteiger charge is -2.11. The first-order valence-electron chi connectivity index (χ1n) is 5.72. The summed E-state index contributed by atoms with van der Waals surface area (Å²) in [6.07, 6.45) is 0. The highest BCUT2D eigenvalue weighted by Gasteiger charge is 2.17. The Hall–Kier alpha value is -2.40. The Morgan fingerprint density at radius 3 is 2.50 bits per heavy atom. The number of carbonyl (C=O) groups is 1. The molecule has 0 fully saturated rings. The molecule has 5 nitrogen and oxygen atoms in total. The summed E-state index contributed by atoms with van der Waals surface area (Å²) in [5.41, 5.74) is -0.472. The van der Waals surface area contributed by atoms with Crippen LogP contribution in [0.5, 0.6) is 0 Å². The maximum atomic E-state index is 11.8. The second kappa shape index (κ2) is 6.16. The third-order valence-corrected chi connectivity index (χ3v) is 2.90. The number of esters is 1. The molecule has 0 spiro atoms. The Kier molecular flexibility index (Phi) is 4.32. The average molecular weight is 292 g/mol. The summed E-state index contributed by atoms with van der Waals surface area (Å²) in [6, 6.07) is 14.0. The number of hydrogen-bond donors (Lipinski definition) is 0. The number of hydrogen-bond acceptors (Lipinski definition) is 4. The first kappa shape index (κ1) is 14.0. The van der Waals surface area contributed by atoms with E-state index in [1.165, 1.54) is 18.2 Å². The van der Waals surface area contributed by atoms with Crippen molar-refractivity contribution in [2.24, 2.45) is 0 Å². The number of nitrogens with zero attached hydrogens (tertiary/aromatic N) is 1. The smallest absolute Gasteiger partial charge is 0.339 e. The zero-order chi connectivity index (χ0) is 14.5. The molecule has 0 heterocycles. The minimum absolute atomic E-state index is 0.107. The van der Waals surface area contributed by atoms with E-state index in [-0.39, 0.29) is 5.69 Å². The zero-order valence-corrected chi connectivity index (χ0v) is 11.0. The van der Waals surface area contributed by atoms with Crippen LogP contribution in [0.3, 0.4) is 0 Å². The predicted molar refractivity (Wildman–Crippen MR) is 73.5 cm³/mol. The van der Waals surface area contributed by atoms with Crippen LogP contribution < -0.4 is 0 Å². The van der Waals surface area contributed by atoms with Crippen molar-refractivity contribution in [3.8, 4) is 0 Å². The van der Waals surface area contributed by atoms with Gasteiger partial charge in [0.15, 0.2) is 0 Å². The van der Waals surface area contributed by atoms with Gasteiger partial charge in [0.1, 0.15) is 0 Å². The maximum absolute atomic E-state index is 11.8. The summed E-state index contributed by atoms with van der Waals surface area (Å²) >= 11 is 5.96. The van der Waals surface area contributed by atoms with Crippen molar-refractivity contribution in [1.29, 1.82) is 0 Å². The zero-order valence-electron chi connectivity index (χ0n) is 10.2. The molecule has 0 bridgehead atoms. The fourth-order valence-electron chi connectivity index (χ4n) is 1.58. The minimum Gasteiger partial charge on any atom is -0.438 e. The molecule has 20 heavy (non-hydrogen) atoms. The average Bonchev–Trinajstić information content (AvgIpc) is 2.48. The number of nitro benzene ring substituents is 1. The topological polar surface area (TPSA) is 69.4 Å². The Bertz CT molecular complexity index is 630. The van der Waals surface area contributed by atoms with Gasteiger partial charge in [0, 0.05) is 17.7 Å². The molecule has 6 heteroatoms. The second-order valence-corrected chi connectivity index (χ2v) is 4.34. The van der Waals surface area contributed by atoms with Crippen LogP contribution in [0.15, 0.2) is 54.6 Å². The molecule has 0 amide bonds. The summed E-state index contributed by atoms with van der Waals surface area (Å²) in [5.74, 6) is -0.586. The van der Waals surface area contributed by atoms with Crippen LogP contribution in [0.4, 0.5) is 5.69 Å². The summed E-state index contributed by atoms with van der Waals surface area (Å²) in [5, 5.41) is 10.7. The van der Waals surface area contributed by atoms with Crippen molar-refractivity contribution in [1.82, 2.24) is 0 Å². The highest BCUT2D eigenvalue weighted by molar-refractivity contribution is 6.20. The molecular formula is C14H10ClNO4. The van der Waals surface area contributed by atoms with E-state index in [1.807, 2.05) is 0 Å². The molecular weight excluding hydrogens is 282 g/mol. The molecule has 0 aliphatic carbocycles. The van der Waals surface area contributed by atoms with E-state index in [0.717, 1.165) is 0 Å². The van der Waals surface area contributed by atoms with Crippen LogP contribution in [-0.4, -0.2) is 10.9 Å². The minimum atomic E-state index is -1.08. The summed E-state index contributed by atoms with van der Waals surface area (Å²) < 4.78 is 5.06. The summed E-state index contributed by atoms with van der Waals surface area (Å²) in [6.45, 7) is 0. The SMILES string of the molecule is O=C(OC(Cl)c1cccc([N+](=O)[O-])c1)c1ccccc1. The van der Waals surface area contributed by atoms with Crippen molar-refractivity contribution in [2.75, 3.05) is 0 Å². The lowest BCUT2D eigenvalue weighted by molar-refractivity contribution is -0.384. The van der Waals surface area contributed by atoms with E-state index in [0.29, 0.717) is 11.1 Å². The Labute approximate surface area is 119 Å². The fraction of sp³-hybridized carbons (Fsp3) is 0.0714. The molecule has 102 valence electrons. The molecule has 0 saturated carbocycles. The van der Waals surface area contributed by atoms with Crippen LogP contribution >= 0.6 is 11.6 Å². The highest BCUT2D eigenvalue weighted by atomic mass is 35.5. The number of ether oxygens (including phenoxy) is 1. The van der Waals surface area contributed by atoms with Gasteiger partial charge >= 0.3 is 5.97 Å². The van der Waals surface area contributed by atoms with Gasteiger partial charge in [-0.1, -0.05) is 41.9 Å². The number of benzene rings is 2. The van der Waals surface area contributed by atoms with Gasteiger partial charge in [-0.2, -0.15) is 0 Å². The summed E-state index contributed by atoms with van der Waals surface area (Å²) in [4.78, 5) is 21.9. The van der Waals surface area contributed by atoms with Gasteiger partial charge in [-0.25, -0.2) is 4.79 Å². The Morgan fingerprint density at radius 2 is 1.85 bits per heavy atom. The number of non-ortho nitro benzene ring substituents is 1. The van der Waals surface area contributed by atoms with Gasteiger partial charge in [0.05, 0.1) is 10.5 Å². The van der Waals surface area contributed by atoms with Crippen molar-refractivity contribution >= 4 is 23.3 Å². The first-order chi connectivity index (χ1) is 9.58. The molecule has 1 atom stereocenters. The van der Waals surface area contributed by atoms with Crippen molar-refractivity contribution in [3.63, 3.8) is 0 Å². The molecule has 1 unspecified atom stereocenters. The van der Waals surface area contributed by atoms with Gasteiger partial charge in [-0.3, -0.25) is 10.1 Å². The predicted octanol–water partition coefficient (Wildman–Crippen LogP) is 3.69. The van der Waals surface area contributed by atoms with Crippen LogP contribution in [0.1, 0.15) is 21.5 Å². The third-order valence-electron chi connectivity index (χ3n) is 2.56. The van der Waals surface area contributed by atoms with E-state index >= 15 is 0 Å². The number of halogens is 1. The Balaban J connectivity index is 2.12. The van der Waals surface area contributed by atoms with Crippen molar-refractivity contribution in [2.45, 2.75) is 5.56 Å². The van der Waals surface area contributed by atoms with Gasteiger partial charge in [0.25, 0.3) is 5.69 Å². The van der Waals surface area contributed by atoms with Crippen LogP contribution in [0, 0.1) is 10.1 Å². The standard InChI is InChI=1S/C14H10ClNO4/c15-13(11-7-4-8-12(9-11)16(18)19)20-14(17)10-5-2-1-3-6-10/h1-9,13H. The normalized spacial score (nSPS) is 11.7. The van der Waals surface area contributed by atoms with Crippen LogP contribution in [0.2, 0.25) is 0 Å². The van der Waals surface area contributed by atoms with E-state index in [1.54, 1.807) is 36.4 Å². The van der Waals surface area contributed by atoms with E-state index in [4.69, 9.17) is 16.3 Å².